The van der Waals surface area contributed by atoms with Crippen LogP contribution in [-0.2, 0) is 20.0 Å². The van der Waals surface area contributed by atoms with Gasteiger partial charge >= 0.3 is 5.97 Å². The molecule has 172 valence electrons. The number of nitrogens with zero attached hydrogens (tertiary/aromatic N) is 1. The first-order chi connectivity index (χ1) is 14.4. The van der Waals surface area contributed by atoms with Crippen LogP contribution in [0.25, 0.3) is 0 Å². The Bertz CT molecular complexity index is 809. The smallest absolute Gasteiger partial charge is 0.303 e. The van der Waals surface area contributed by atoms with E-state index in [4.69, 9.17) is 16.7 Å². The molecule has 1 heterocycles. The van der Waals surface area contributed by atoms with Gasteiger partial charge in [0.05, 0.1) is 5.60 Å². The van der Waals surface area contributed by atoms with E-state index in [1.54, 1.807) is 17.0 Å². The van der Waals surface area contributed by atoms with Crippen molar-refractivity contribution in [2.45, 2.75) is 65.0 Å². The number of hydrogen-bond donors (Lipinski definition) is 3. The molecule has 1 aromatic rings. The number of carbonyl (C=O) groups is 3. The summed E-state index contributed by atoms with van der Waals surface area (Å²) in [5.74, 6) is -1.60. The molecule has 2 amide bonds. The zero-order valence-electron chi connectivity index (χ0n) is 18.7. The number of carboxylic acids is 1. The Morgan fingerprint density at radius 3 is 2.29 bits per heavy atom. The van der Waals surface area contributed by atoms with Gasteiger partial charge in [0.2, 0.25) is 11.8 Å². The van der Waals surface area contributed by atoms with Gasteiger partial charge < -0.3 is 20.4 Å². The van der Waals surface area contributed by atoms with Crippen molar-refractivity contribution >= 4 is 29.4 Å². The summed E-state index contributed by atoms with van der Waals surface area (Å²) in [6.07, 6.45) is 0.567. The second kappa shape index (κ2) is 10.0. The van der Waals surface area contributed by atoms with Gasteiger partial charge in [-0.1, -0.05) is 51.4 Å². The number of hydrogen-bond acceptors (Lipinski definition) is 4. The van der Waals surface area contributed by atoms with Gasteiger partial charge in [0, 0.05) is 36.4 Å². The third kappa shape index (κ3) is 5.98. The number of carboxylic acid groups (broad SMARTS) is 1. The summed E-state index contributed by atoms with van der Waals surface area (Å²) >= 11 is 5.99. The minimum absolute atomic E-state index is 0.0601. The summed E-state index contributed by atoms with van der Waals surface area (Å²) < 4.78 is 0. The molecule has 0 saturated carbocycles. The summed E-state index contributed by atoms with van der Waals surface area (Å²) in [5, 5.41) is 23.6. The lowest BCUT2D eigenvalue weighted by atomic mass is 9.66. The van der Waals surface area contributed by atoms with Crippen molar-refractivity contribution in [3.05, 3.63) is 34.9 Å². The molecule has 31 heavy (non-hydrogen) atoms. The van der Waals surface area contributed by atoms with Crippen LogP contribution in [0.5, 0.6) is 0 Å². The molecule has 2 atom stereocenters. The molecule has 0 radical (unpaired) electrons. The Morgan fingerprint density at radius 2 is 1.77 bits per heavy atom. The van der Waals surface area contributed by atoms with Crippen LogP contribution < -0.4 is 5.32 Å². The van der Waals surface area contributed by atoms with Gasteiger partial charge in [-0.3, -0.25) is 14.4 Å². The number of nitrogens with one attached hydrogen (secondary N) is 1. The first kappa shape index (κ1) is 25.1. The van der Waals surface area contributed by atoms with Gasteiger partial charge in [-0.2, -0.15) is 0 Å². The standard InChI is InChI=1S/C23H33ClN2O5/c1-15(2)20(25-18(27)6-5-7-19(28)29)21(30)26-13-12-23(31,22(3,4)14-26)16-8-10-17(24)11-9-16/h8-11,15,20,31H,5-7,12-14H2,1-4H3,(H,25,27)(H,28,29)/t20-,23+/m1/s1. The van der Waals surface area contributed by atoms with Crippen LogP contribution in [0.3, 0.4) is 0 Å². The van der Waals surface area contributed by atoms with Crippen molar-refractivity contribution < 1.29 is 24.6 Å². The fourth-order valence-corrected chi connectivity index (χ4v) is 4.25. The number of likely N-dealkylation sites (tertiary alicyclic amines) is 1. The lowest BCUT2D eigenvalue weighted by molar-refractivity contribution is -0.156. The fourth-order valence-electron chi connectivity index (χ4n) is 4.13. The predicted octanol–water partition coefficient (Wildman–Crippen LogP) is 3.18. The number of rotatable bonds is 8. The lowest BCUT2D eigenvalue weighted by Gasteiger charge is -2.51. The van der Waals surface area contributed by atoms with Gasteiger partial charge in [0.1, 0.15) is 6.04 Å². The highest BCUT2D eigenvalue weighted by Gasteiger charge is 2.50. The molecule has 2 rings (SSSR count). The van der Waals surface area contributed by atoms with E-state index in [0.29, 0.717) is 24.5 Å². The quantitative estimate of drug-likeness (QED) is 0.561. The normalized spacial score (nSPS) is 21.6. The first-order valence-corrected chi connectivity index (χ1v) is 11.0. The van der Waals surface area contributed by atoms with E-state index in [1.165, 1.54) is 0 Å². The van der Waals surface area contributed by atoms with Gasteiger partial charge in [0.15, 0.2) is 0 Å². The largest absolute Gasteiger partial charge is 0.481 e. The fraction of sp³-hybridized carbons (Fsp3) is 0.609. The molecular weight excluding hydrogens is 420 g/mol. The summed E-state index contributed by atoms with van der Waals surface area (Å²) in [5.41, 5.74) is -0.968. The number of piperidine rings is 1. The summed E-state index contributed by atoms with van der Waals surface area (Å²) in [7, 11) is 0. The van der Waals surface area contributed by atoms with Crippen LogP contribution >= 0.6 is 11.6 Å². The molecular formula is C23H33ClN2O5. The van der Waals surface area contributed by atoms with Crippen LogP contribution in [0.2, 0.25) is 5.02 Å². The molecule has 1 saturated heterocycles. The maximum Gasteiger partial charge on any atom is 0.303 e. The van der Waals surface area contributed by atoms with Crippen LogP contribution in [0, 0.1) is 11.3 Å². The molecule has 1 aromatic carbocycles. The second-order valence-corrected chi connectivity index (χ2v) is 9.73. The van der Waals surface area contributed by atoms with E-state index in [0.717, 1.165) is 5.56 Å². The first-order valence-electron chi connectivity index (χ1n) is 10.7. The summed E-state index contributed by atoms with van der Waals surface area (Å²) in [6, 6.07) is 6.43. The highest BCUT2D eigenvalue weighted by atomic mass is 35.5. The Balaban J connectivity index is 2.10. The average Bonchev–Trinajstić information content (AvgIpc) is 2.67. The molecule has 1 aliphatic rings. The molecule has 1 fully saturated rings. The van der Waals surface area contributed by atoms with Gasteiger partial charge in [0.25, 0.3) is 0 Å². The van der Waals surface area contributed by atoms with Crippen molar-refractivity contribution in [3.63, 3.8) is 0 Å². The topological polar surface area (TPSA) is 107 Å². The molecule has 1 aliphatic heterocycles. The van der Waals surface area contributed by atoms with Crippen LogP contribution in [0.1, 0.15) is 58.9 Å². The second-order valence-electron chi connectivity index (χ2n) is 9.30. The minimum Gasteiger partial charge on any atom is -0.481 e. The maximum absolute atomic E-state index is 13.3. The molecule has 0 aromatic heterocycles. The van der Waals surface area contributed by atoms with E-state index < -0.39 is 23.0 Å². The number of aliphatic hydroxyl groups is 1. The van der Waals surface area contributed by atoms with Crippen molar-refractivity contribution in [2.75, 3.05) is 13.1 Å². The SMILES string of the molecule is CC(C)[C@@H](NC(=O)CCCC(=O)O)C(=O)N1CC[C@](O)(c2ccc(Cl)cc2)C(C)(C)C1. The lowest BCUT2D eigenvalue weighted by Crippen LogP contribution is -2.60. The van der Waals surface area contributed by atoms with E-state index in [-0.39, 0.29) is 37.0 Å². The molecule has 8 heteroatoms. The molecule has 7 nitrogen and oxygen atoms in total. The molecule has 0 spiro atoms. The Kier molecular flexibility index (Phi) is 8.11. The Morgan fingerprint density at radius 1 is 1.16 bits per heavy atom. The molecule has 0 unspecified atom stereocenters. The number of benzene rings is 1. The third-order valence-corrected chi connectivity index (χ3v) is 6.38. The van der Waals surface area contributed by atoms with Crippen molar-refractivity contribution in [3.8, 4) is 0 Å². The number of carbonyl (C=O) groups excluding carboxylic acids is 2. The van der Waals surface area contributed by atoms with Crippen molar-refractivity contribution in [1.29, 1.82) is 0 Å². The minimum atomic E-state index is -1.11. The Labute approximate surface area is 188 Å². The molecule has 0 bridgehead atoms. The highest BCUT2D eigenvalue weighted by Crippen LogP contribution is 2.46. The van der Waals surface area contributed by atoms with Gasteiger partial charge in [-0.15, -0.1) is 0 Å². The monoisotopic (exact) mass is 452 g/mol. The van der Waals surface area contributed by atoms with E-state index in [2.05, 4.69) is 5.32 Å². The maximum atomic E-state index is 13.3. The number of halogens is 1. The van der Waals surface area contributed by atoms with Gasteiger partial charge in [-0.05, 0) is 36.5 Å². The van der Waals surface area contributed by atoms with Gasteiger partial charge in [-0.25, -0.2) is 0 Å². The molecule has 0 aliphatic carbocycles. The number of aliphatic carboxylic acids is 1. The zero-order valence-corrected chi connectivity index (χ0v) is 19.4. The highest BCUT2D eigenvalue weighted by molar-refractivity contribution is 6.30. The predicted molar refractivity (Wildman–Crippen MR) is 119 cm³/mol. The van der Waals surface area contributed by atoms with E-state index in [1.807, 2.05) is 39.8 Å². The van der Waals surface area contributed by atoms with Crippen molar-refractivity contribution in [2.24, 2.45) is 11.3 Å². The van der Waals surface area contributed by atoms with Crippen LogP contribution in [0.15, 0.2) is 24.3 Å². The zero-order chi connectivity index (χ0) is 23.4. The van der Waals surface area contributed by atoms with Crippen LogP contribution in [0.4, 0.5) is 0 Å². The van der Waals surface area contributed by atoms with E-state index >= 15 is 0 Å². The number of amides is 2. The third-order valence-electron chi connectivity index (χ3n) is 6.13. The Hall–Kier alpha value is -2.12. The molecule has 3 N–H and O–H groups in total. The van der Waals surface area contributed by atoms with E-state index in [9.17, 15) is 19.5 Å². The summed E-state index contributed by atoms with van der Waals surface area (Å²) in [4.78, 5) is 37.8. The van der Waals surface area contributed by atoms with Crippen LogP contribution in [-0.4, -0.2) is 52.0 Å². The van der Waals surface area contributed by atoms with Crippen molar-refractivity contribution in [1.82, 2.24) is 10.2 Å². The summed E-state index contributed by atoms with van der Waals surface area (Å²) in [6.45, 7) is 8.27. The average molecular weight is 453 g/mol.